The van der Waals surface area contributed by atoms with Crippen molar-refractivity contribution in [2.75, 3.05) is 0 Å². The summed E-state index contributed by atoms with van der Waals surface area (Å²) < 4.78 is 11.8. The molecular weight excluding hydrogens is 187 g/mol. The van der Waals surface area contributed by atoms with Crippen LogP contribution < -0.4 is 0 Å². The van der Waals surface area contributed by atoms with E-state index in [-0.39, 0.29) is 0 Å². The van der Waals surface area contributed by atoms with E-state index >= 15 is 0 Å². The Bertz CT molecular complexity index is 232. The number of hydrogen-bond donors (Lipinski definition) is 3. The molecule has 0 saturated heterocycles. The zero-order valence-corrected chi connectivity index (χ0v) is 6.36. The van der Waals surface area contributed by atoms with Crippen molar-refractivity contribution in [3.8, 4) is 0 Å². The maximum atomic E-state index is 11.8. The Kier molecular flexibility index (Phi) is 3.49. The van der Waals surface area contributed by atoms with E-state index in [2.05, 4.69) is 0 Å². The van der Waals surface area contributed by atoms with E-state index in [1.165, 1.54) is 0 Å². The van der Waals surface area contributed by atoms with Crippen LogP contribution in [0.1, 0.15) is 12.8 Å². The smallest absolute Gasteiger partial charge is 0.336 e. The molecule has 0 saturated carbocycles. The topological polar surface area (TPSA) is 112 Å². The van der Waals surface area contributed by atoms with E-state index in [0.29, 0.717) is 0 Å². The van der Waals surface area contributed by atoms with Gasteiger partial charge >= 0.3 is 18.0 Å². The molecule has 0 bridgehead atoms. The first-order chi connectivity index (χ1) is 5.78. The fraction of sp³-hybridized carbons (Fsp3) is 0.500. The number of carboxylic acids is 2. The fourth-order valence-electron chi connectivity index (χ4n) is 0.694. The van der Waals surface area contributed by atoms with Gasteiger partial charge in [-0.3, -0.25) is 9.59 Å². The average molecular weight is 194 g/mol. The molecular formula is C6H7FO6. The standard InChI is InChI=1S/C6H7FO6/c7-3(8)1-6(13,5(11)12)2-4(9)10/h13H,1-2H2,(H,9,10)(H,11,12). The maximum Gasteiger partial charge on any atom is 0.336 e. The first kappa shape index (κ1) is 11.5. The Labute approximate surface area is 71.6 Å². The molecule has 3 N–H and O–H groups in total. The lowest BCUT2D eigenvalue weighted by Crippen LogP contribution is -2.42. The monoisotopic (exact) mass is 194 g/mol. The third-order valence-corrected chi connectivity index (χ3v) is 1.27. The molecule has 0 aliphatic rings. The molecule has 6 nitrogen and oxygen atoms in total. The minimum absolute atomic E-state index is 1.22. The zero-order valence-electron chi connectivity index (χ0n) is 6.36. The van der Waals surface area contributed by atoms with Crippen molar-refractivity contribution in [3.63, 3.8) is 0 Å². The number of carbonyl (C=O) groups excluding carboxylic acids is 1. The number of aliphatic hydroxyl groups is 1. The van der Waals surface area contributed by atoms with E-state index in [9.17, 15) is 18.8 Å². The molecule has 0 aliphatic heterocycles. The van der Waals surface area contributed by atoms with Gasteiger partial charge in [0.15, 0.2) is 5.60 Å². The van der Waals surface area contributed by atoms with Crippen molar-refractivity contribution < 1.29 is 34.1 Å². The lowest BCUT2D eigenvalue weighted by atomic mass is 9.96. The summed E-state index contributed by atoms with van der Waals surface area (Å²) >= 11 is 0. The molecule has 0 aliphatic carbocycles. The van der Waals surface area contributed by atoms with Gasteiger partial charge in [-0.15, -0.1) is 0 Å². The highest BCUT2D eigenvalue weighted by molar-refractivity contribution is 5.88. The van der Waals surface area contributed by atoms with Gasteiger partial charge in [-0.05, 0) is 0 Å². The predicted octanol–water partition coefficient (Wildman–Crippen LogP) is -0.837. The van der Waals surface area contributed by atoms with Gasteiger partial charge in [0.1, 0.15) is 0 Å². The summed E-state index contributed by atoms with van der Waals surface area (Å²) in [6, 6.07) is -2.08. The maximum absolute atomic E-state index is 11.8. The third kappa shape index (κ3) is 3.61. The van der Waals surface area contributed by atoms with Crippen LogP contribution >= 0.6 is 0 Å². The Morgan fingerprint density at radius 2 is 1.62 bits per heavy atom. The van der Waals surface area contributed by atoms with Gasteiger partial charge in [0.2, 0.25) is 0 Å². The zero-order chi connectivity index (χ0) is 10.6. The number of carbonyl (C=O) groups is 3. The highest BCUT2D eigenvalue weighted by atomic mass is 19.1. The number of halogens is 1. The van der Waals surface area contributed by atoms with Gasteiger partial charge in [-0.2, -0.15) is 4.39 Å². The van der Waals surface area contributed by atoms with E-state index < -0.39 is 36.4 Å². The minimum atomic E-state index is -2.86. The Morgan fingerprint density at radius 3 is 1.85 bits per heavy atom. The van der Waals surface area contributed by atoms with Crippen LogP contribution in [0.15, 0.2) is 0 Å². The van der Waals surface area contributed by atoms with Crippen molar-refractivity contribution in [3.05, 3.63) is 0 Å². The van der Waals surface area contributed by atoms with E-state index in [0.717, 1.165) is 0 Å². The summed E-state index contributed by atoms with van der Waals surface area (Å²) in [5, 5.41) is 25.4. The summed E-state index contributed by atoms with van der Waals surface area (Å²) in [5.74, 6) is -3.58. The van der Waals surface area contributed by atoms with Crippen LogP contribution in [-0.4, -0.2) is 38.9 Å². The van der Waals surface area contributed by atoms with Gasteiger partial charge in [0, 0.05) is 0 Å². The highest BCUT2D eigenvalue weighted by Crippen LogP contribution is 2.16. The SMILES string of the molecule is O=C(O)CC(O)(CC(=O)F)C(=O)O. The summed E-state index contributed by atoms with van der Waals surface area (Å²) in [7, 11) is 0. The molecule has 74 valence electrons. The summed E-state index contributed by atoms with van der Waals surface area (Å²) in [6.45, 7) is 0. The molecule has 7 heteroatoms. The normalized spacial score (nSPS) is 14.6. The Balaban J connectivity index is 4.62. The number of carboxylic acid groups (broad SMARTS) is 2. The largest absolute Gasteiger partial charge is 0.481 e. The second-order valence-electron chi connectivity index (χ2n) is 2.44. The highest BCUT2D eigenvalue weighted by Gasteiger charge is 2.40. The van der Waals surface area contributed by atoms with Crippen molar-refractivity contribution in [1.29, 1.82) is 0 Å². The molecule has 0 radical (unpaired) electrons. The third-order valence-electron chi connectivity index (χ3n) is 1.27. The minimum Gasteiger partial charge on any atom is -0.481 e. The first-order valence-corrected chi connectivity index (χ1v) is 3.14. The Morgan fingerprint density at radius 1 is 1.15 bits per heavy atom. The van der Waals surface area contributed by atoms with Crippen LogP contribution in [0.5, 0.6) is 0 Å². The second kappa shape index (κ2) is 3.94. The number of rotatable bonds is 5. The quantitative estimate of drug-likeness (QED) is 0.492. The van der Waals surface area contributed by atoms with Crippen LogP contribution in [-0.2, 0) is 14.4 Å². The molecule has 0 aromatic carbocycles. The van der Waals surface area contributed by atoms with Gasteiger partial charge in [-0.1, -0.05) is 0 Å². The van der Waals surface area contributed by atoms with Crippen LogP contribution in [0.25, 0.3) is 0 Å². The van der Waals surface area contributed by atoms with Crippen molar-refractivity contribution in [2.24, 2.45) is 0 Å². The van der Waals surface area contributed by atoms with Gasteiger partial charge in [0.25, 0.3) is 0 Å². The van der Waals surface area contributed by atoms with E-state index in [1.54, 1.807) is 0 Å². The van der Waals surface area contributed by atoms with Crippen molar-refractivity contribution in [2.45, 2.75) is 18.4 Å². The molecule has 0 heterocycles. The molecule has 13 heavy (non-hydrogen) atoms. The first-order valence-electron chi connectivity index (χ1n) is 3.14. The molecule has 0 aromatic rings. The van der Waals surface area contributed by atoms with Gasteiger partial charge in [0.05, 0.1) is 12.8 Å². The van der Waals surface area contributed by atoms with Crippen molar-refractivity contribution >= 4 is 18.0 Å². The summed E-state index contributed by atoms with van der Waals surface area (Å²) in [6.07, 6.45) is -2.59. The lowest BCUT2D eigenvalue weighted by Gasteiger charge is -2.18. The van der Waals surface area contributed by atoms with Crippen LogP contribution in [0.2, 0.25) is 0 Å². The summed E-state index contributed by atoms with van der Waals surface area (Å²) in [5.41, 5.74) is -2.86. The molecule has 1 unspecified atom stereocenters. The van der Waals surface area contributed by atoms with E-state index in [1.807, 2.05) is 0 Å². The van der Waals surface area contributed by atoms with Crippen LogP contribution in [0, 0.1) is 0 Å². The molecule has 0 spiro atoms. The predicted molar refractivity (Wildman–Crippen MR) is 35.6 cm³/mol. The lowest BCUT2D eigenvalue weighted by molar-refractivity contribution is -0.168. The number of aliphatic carboxylic acids is 2. The van der Waals surface area contributed by atoms with E-state index in [4.69, 9.17) is 15.3 Å². The molecule has 0 aromatic heterocycles. The van der Waals surface area contributed by atoms with Crippen LogP contribution in [0.3, 0.4) is 0 Å². The molecule has 1 atom stereocenters. The van der Waals surface area contributed by atoms with Crippen molar-refractivity contribution in [1.82, 2.24) is 0 Å². The molecule has 0 fully saturated rings. The van der Waals surface area contributed by atoms with Crippen LogP contribution in [0.4, 0.5) is 4.39 Å². The molecule has 0 amide bonds. The number of hydrogen-bond acceptors (Lipinski definition) is 4. The molecule has 0 rings (SSSR count). The fourth-order valence-corrected chi connectivity index (χ4v) is 0.694. The van der Waals surface area contributed by atoms with Gasteiger partial charge in [-0.25, -0.2) is 4.79 Å². The summed E-state index contributed by atoms with van der Waals surface area (Å²) in [4.78, 5) is 30.2. The Hall–Kier alpha value is -1.50. The van der Waals surface area contributed by atoms with Gasteiger partial charge < -0.3 is 15.3 Å². The average Bonchev–Trinajstić information content (AvgIpc) is 1.82. The second-order valence-corrected chi connectivity index (χ2v) is 2.44.